The molecule has 6 nitrogen and oxygen atoms in total. The van der Waals surface area contributed by atoms with E-state index in [0.29, 0.717) is 23.7 Å². The van der Waals surface area contributed by atoms with E-state index in [4.69, 9.17) is 9.15 Å². The van der Waals surface area contributed by atoms with E-state index in [0.717, 1.165) is 31.0 Å². The van der Waals surface area contributed by atoms with Crippen LogP contribution in [0.5, 0.6) is 5.75 Å². The zero-order valence-corrected chi connectivity index (χ0v) is 19.6. The van der Waals surface area contributed by atoms with Crippen LogP contribution in [0.3, 0.4) is 0 Å². The third-order valence-electron chi connectivity index (χ3n) is 6.14. The number of aromatic nitrogens is 1. The Balaban J connectivity index is 1.68. The van der Waals surface area contributed by atoms with Gasteiger partial charge in [-0.2, -0.15) is 0 Å². The first-order valence-corrected chi connectivity index (χ1v) is 11.7. The molecule has 1 unspecified atom stereocenters. The Morgan fingerprint density at radius 3 is 2.69 bits per heavy atom. The normalized spacial score (nSPS) is 15.0. The van der Waals surface area contributed by atoms with E-state index < -0.39 is 23.2 Å². The molecule has 4 aromatic rings. The number of carbonyl (C=O) groups excluding carboxylic acids is 1. The number of unbranched alkanes of at least 4 members (excludes halogenated alkanes) is 2. The zero-order valence-electron chi connectivity index (χ0n) is 19.6. The summed E-state index contributed by atoms with van der Waals surface area (Å²) in [6.45, 7) is 4.54. The van der Waals surface area contributed by atoms with Gasteiger partial charge < -0.3 is 9.15 Å². The summed E-state index contributed by atoms with van der Waals surface area (Å²) in [4.78, 5) is 33.3. The molecule has 0 aliphatic carbocycles. The third-order valence-corrected chi connectivity index (χ3v) is 6.14. The second-order valence-corrected chi connectivity index (χ2v) is 8.66. The maximum absolute atomic E-state index is 14.0. The SMILES string of the molecule is CCCCCOc1cccc(C2c3c(oc4ccc(F)cc4c3=O)C(=O)N2c2cccc(C)n2)c1. The molecule has 1 atom stereocenters. The first-order chi connectivity index (χ1) is 17.0. The lowest BCUT2D eigenvalue weighted by Crippen LogP contribution is -2.30. The molecule has 3 heterocycles. The van der Waals surface area contributed by atoms with Crippen molar-refractivity contribution in [3.8, 4) is 5.75 Å². The quantitative estimate of drug-likeness (QED) is 0.311. The number of ether oxygens (including phenoxy) is 1. The monoisotopic (exact) mass is 472 g/mol. The molecule has 0 saturated carbocycles. The number of pyridine rings is 1. The minimum atomic E-state index is -0.796. The Morgan fingerprint density at radius 1 is 1.06 bits per heavy atom. The molecule has 7 heteroatoms. The fourth-order valence-corrected chi connectivity index (χ4v) is 4.48. The van der Waals surface area contributed by atoms with Crippen LogP contribution in [0.4, 0.5) is 10.2 Å². The Kier molecular flexibility index (Phi) is 6.07. The van der Waals surface area contributed by atoms with Crippen molar-refractivity contribution in [2.75, 3.05) is 11.5 Å². The average Bonchev–Trinajstić information content (AvgIpc) is 3.15. The van der Waals surface area contributed by atoms with Crippen LogP contribution in [0.25, 0.3) is 11.0 Å². The van der Waals surface area contributed by atoms with Gasteiger partial charge in [0.2, 0.25) is 5.76 Å². The second-order valence-electron chi connectivity index (χ2n) is 8.66. The molecule has 5 rings (SSSR count). The fraction of sp³-hybridized carbons (Fsp3) is 0.250. The minimum absolute atomic E-state index is 0.0586. The molecule has 0 radical (unpaired) electrons. The van der Waals surface area contributed by atoms with Crippen molar-refractivity contribution >= 4 is 22.7 Å². The Labute approximate surface area is 202 Å². The van der Waals surface area contributed by atoms with E-state index in [1.165, 1.54) is 17.0 Å². The number of anilines is 1. The summed E-state index contributed by atoms with van der Waals surface area (Å²) in [6, 6.07) is 15.6. The summed E-state index contributed by atoms with van der Waals surface area (Å²) in [6.07, 6.45) is 3.10. The van der Waals surface area contributed by atoms with E-state index in [2.05, 4.69) is 11.9 Å². The summed E-state index contributed by atoms with van der Waals surface area (Å²) < 4.78 is 25.8. The van der Waals surface area contributed by atoms with Gasteiger partial charge in [-0.25, -0.2) is 9.37 Å². The molecule has 1 amide bonds. The number of hydrogen-bond donors (Lipinski definition) is 0. The van der Waals surface area contributed by atoms with Crippen LogP contribution in [0.2, 0.25) is 0 Å². The number of carbonyl (C=O) groups is 1. The summed E-state index contributed by atoms with van der Waals surface area (Å²) in [5.41, 5.74) is 1.29. The van der Waals surface area contributed by atoms with Gasteiger partial charge in [0.05, 0.1) is 23.6 Å². The zero-order chi connectivity index (χ0) is 24.5. The van der Waals surface area contributed by atoms with Crippen molar-refractivity contribution in [1.29, 1.82) is 0 Å². The number of nitrogens with zero attached hydrogens (tertiary/aromatic N) is 2. The van der Waals surface area contributed by atoms with Crippen LogP contribution in [0.15, 0.2) is 69.9 Å². The molecule has 0 saturated heterocycles. The van der Waals surface area contributed by atoms with E-state index in [9.17, 15) is 14.0 Å². The smallest absolute Gasteiger partial charge is 0.296 e. The molecule has 0 N–H and O–H groups in total. The van der Waals surface area contributed by atoms with Crippen molar-refractivity contribution in [3.05, 3.63) is 99.3 Å². The Hall–Kier alpha value is -4.00. The summed E-state index contributed by atoms with van der Waals surface area (Å²) >= 11 is 0. The maximum Gasteiger partial charge on any atom is 0.296 e. The summed E-state index contributed by atoms with van der Waals surface area (Å²) in [5, 5.41) is 0.0903. The highest BCUT2D eigenvalue weighted by molar-refractivity contribution is 6.10. The number of benzene rings is 2. The number of fused-ring (bicyclic) bond motifs is 2. The lowest BCUT2D eigenvalue weighted by atomic mass is 9.98. The highest BCUT2D eigenvalue weighted by Gasteiger charge is 2.44. The van der Waals surface area contributed by atoms with E-state index >= 15 is 0 Å². The van der Waals surface area contributed by atoms with E-state index in [1.807, 2.05) is 37.3 Å². The molecule has 0 spiro atoms. The van der Waals surface area contributed by atoms with Crippen LogP contribution >= 0.6 is 0 Å². The van der Waals surface area contributed by atoms with Crippen molar-refractivity contribution in [3.63, 3.8) is 0 Å². The summed E-state index contributed by atoms with van der Waals surface area (Å²) in [5.74, 6) is -0.0362. The largest absolute Gasteiger partial charge is 0.494 e. The molecule has 178 valence electrons. The molecule has 2 aromatic heterocycles. The minimum Gasteiger partial charge on any atom is -0.494 e. The van der Waals surface area contributed by atoms with Gasteiger partial charge in [0, 0.05) is 5.69 Å². The van der Waals surface area contributed by atoms with Crippen LogP contribution in [0, 0.1) is 12.7 Å². The highest BCUT2D eigenvalue weighted by atomic mass is 19.1. The predicted molar refractivity (Wildman–Crippen MR) is 132 cm³/mol. The Morgan fingerprint density at radius 2 is 1.89 bits per heavy atom. The number of hydrogen-bond acceptors (Lipinski definition) is 5. The third kappa shape index (κ3) is 4.18. The summed E-state index contributed by atoms with van der Waals surface area (Å²) in [7, 11) is 0. The first kappa shape index (κ1) is 22.8. The lowest BCUT2D eigenvalue weighted by molar-refractivity contribution is 0.0970. The molecule has 2 aromatic carbocycles. The predicted octanol–water partition coefficient (Wildman–Crippen LogP) is 5.95. The lowest BCUT2D eigenvalue weighted by Gasteiger charge is -2.24. The van der Waals surface area contributed by atoms with Gasteiger partial charge in [-0.1, -0.05) is 38.0 Å². The fourth-order valence-electron chi connectivity index (χ4n) is 4.48. The van der Waals surface area contributed by atoms with E-state index in [1.54, 1.807) is 12.1 Å². The van der Waals surface area contributed by atoms with Crippen molar-refractivity contribution in [2.45, 2.75) is 39.2 Å². The molecule has 0 bridgehead atoms. The number of halogens is 1. The van der Waals surface area contributed by atoms with E-state index in [-0.39, 0.29) is 22.3 Å². The second kappa shape index (κ2) is 9.33. The molecule has 1 aliphatic rings. The van der Waals surface area contributed by atoms with Gasteiger partial charge in [-0.3, -0.25) is 14.5 Å². The topological polar surface area (TPSA) is 72.6 Å². The van der Waals surface area contributed by atoms with Crippen molar-refractivity contribution in [2.24, 2.45) is 0 Å². The standard InChI is InChI=1S/C28H25FN2O4/c1-3-4-5-14-34-20-10-7-9-18(15-20)25-24-26(32)21-16-19(29)12-13-22(21)35-27(24)28(33)31(25)23-11-6-8-17(2)30-23/h6-13,15-16,25H,3-5,14H2,1-2H3. The van der Waals surface area contributed by atoms with Crippen LogP contribution in [-0.2, 0) is 0 Å². The van der Waals surface area contributed by atoms with Crippen LogP contribution in [0.1, 0.15) is 59.6 Å². The highest BCUT2D eigenvalue weighted by Crippen LogP contribution is 2.41. The van der Waals surface area contributed by atoms with Gasteiger partial charge >= 0.3 is 0 Å². The van der Waals surface area contributed by atoms with Gasteiger partial charge in [0.25, 0.3) is 5.91 Å². The Bertz CT molecular complexity index is 1480. The number of rotatable bonds is 7. The van der Waals surface area contributed by atoms with Crippen LogP contribution in [-0.4, -0.2) is 17.5 Å². The average molecular weight is 473 g/mol. The first-order valence-electron chi connectivity index (χ1n) is 11.7. The van der Waals surface area contributed by atoms with Crippen molar-refractivity contribution < 1.29 is 18.3 Å². The number of amides is 1. The molecule has 0 fully saturated rings. The van der Waals surface area contributed by atoms with Crippen LogP contribution < -0.4 is 15.1 Å². The molecule has 35 heavy (non-hydrogen) atoms. The van der Waals surface area contributed by atoms with Gasteiger partial charge in [-0.15, -0.1) is 0 Å². The number of aryl methyl sites for hydroxylation is 1. The van der Waals surface area contributed by atoms with Gasteiger partial charge in [-0.05, 0) is 61.4 Å². The van der Waals surface area contributed by atoms with Gasteiger partial charge in [0.1, 0.15) is 23.0 Å². The molecule has 1 aliphatic heterocycles. The van der Waals surface area contributed by atoms with Gasteiger partial charge in [0.15, 0.2) is 5.43 Å². The molecular weight excluding hydrogens is 447 g/mol. The molecular formula is C28H25FN2O4. The van der Waals surface area contributed by atoms with Crippen molar-refractivity contribution in [1.82, 2.24) is 4.98 Å². The maximum atomic E-state index is 14.0.